The van der Waals surface area contributed by atoms with Crippen molar-refractivity contribution < 1.29 is 9.53 Å². The predicted molar refractivity (Wildman–Crippen MR) is 45.6 cm³/mol. The normalized spacial score (nSPS) is 9.50. The maximum atomic E-state index is 10.6. The lowest BCUT2D eigenvalue weighted by molar-refractivity contribution is -0.131. The Morgan fingerprint density at radius 3 is 2.92 bits per heavy atom. The highest BCUT2D eigenvalue weighted by Gasteiger charge is 1.97. The van der Waals surface area contributed by atoms with Gasteiger partial charge in [0.05, 0.1) is 0 Å². The Morgan fingerprint density at radius 2 is 2.33 bits per heavy atom. The molecule has 0 heterocycles. The fraction of sp³-hybridized carbons (Fsp3) is 0.222. The van der Waals surface area contributed by atoms with Gasteiger partial charge in [-0.1, -0.05) is 12.1 Å². The van der Waals surface area contributed by atoms with E-state index in [0.29, 0.717) is 12.3 Å². The van der Waals surface area contributed by atoms with Crippen molar-refractivity contribution in [3.63, 3.8) is 0 Å². The van der Waals surface area contributed by atoms with Crippen LogP contribution in [0, 0.1) is 0 Å². The van der Waals surface area contributed by atoms with E-state index in [-0.39, 0.29) is 5.97 Å². The van der Waals surface area contributed by atoms with Crippen LogP contribution in [-0.4, -0.2) is 5.97 Å². The molecule has 1 rings (SSSR count). The second kappa shape index (κ2) is 3.88. The largest absolute Gasteiger partial charge is 0.427 e. The zero-order chi connectivity index (χ0) is 8.97. The Morgan fingerprint density at radius 1 is 1.58 bits per heavy atom. The van der Waals surface area contributed by atoms with Crippen molar-refractivity contribution in [1.82, 2.24) is 0 Å². The summed E-state index contributed by atoms with van der Waals surface area (Å²) in [6.07, 6.45) is 0. The SMILES string of the molecule is CC(=O)Oc1cccc(CN)c1. The minimum atomic E-state index is -0.316. The third-order valence-corrected chi connectivity index (χ3v) is 1.40. The number of benzene rings is 1. The van der Waals surface area contributed by atoms with Gasteiger partial charge in [-0.2, -0.15) is 0 Å². The molecule has 0 aliphatic carbocycles. The van der Waals surface area contributed by atoms with E-state index in [1.807, 2.05) is 6.07 Å². The van der Waals surface area contributed by atoms with E-state index in [4.69, 9.17) is 10.5 Å². The maximum absolute atomic E-state index is 10.6. The molecule has 2 N–H and O–H groups in total. The van der Waals surface area contributed by atoms with E-state index in [1.165, 1.54) is 6.92 Å². The van der Waals surface area contributed by atoms with Gasteiger partial charge in [0.1, 0.15) is 5.75 Å². The summed E-state index contributed by atoms with van der Waals surface area (Å²) < 4.78 is 4.86. The molecule has 1 aromatic rings. The number of hydrogen-bond donors (Lipinski definition) is 1. The highest BCUT2D eigenvalue weighted by molar-refractivity contribution is 5.69. The zero-order valence-corrected chi connectivity index (χ0v) is 6.91. The molecule has 0 bridgehead atoms. The van der Waals surface area contributed by atoms with E-state index in [0.717, 1.165) is 5.56 Å². The molecule has 0 atom stereocenters. The number of carbonyl (C=O) groups excluding carboxylic acids is 1. The molecule has 1 aromatic carbocycles. The standard InChI is InChI=1S/C9H11NO2/c1-7(11)12-9-4-2-3-8(5-9)6-10/h2-5H,6,10H2,1H3. The summed E-state index contributed by atoms with van der Waals surface area (Å²) in [5.74, 6) is 0.231. The van der Waals surface area contributed by atoms with Crippen molar-refractivity contribution in [2.45, 2.75) is 13.5 Å². The molecule has 3 nitrogen and oxygen atoms in total. The van der Waals surface area contributed by atoms with Crippen molar-refractivity contribution >= 4 is 5.97 Å². The molecule has 0 amide bonds. The van der Waals surface area contributed by atoms with Crippen molar-refractivity contribution in [2.75, 3.05) is 0 Å². The number of esters is 1. The lowest BCUT2D eigenvalue weighted by atomic mass is 10.2. The smallest absolute Gasteiger partial charge is 0.308 e. The summed E-state index contributed by atoms with van der Waals surface area (Å²) in [6, 6.07) is 7.16. The first kappa shape index (κ1) is 8.74. The minimum Gasteiger partial charge on any atom is -0.427 e. The van der Waals surface area contributed by atoms with Gasteiger partial charge in [0.15, 0.2) is 0 Å². The molecule has 0 radical (unpaired) electrons. The van der Waals surface area contributed by atoms with Crippen molar-refractivity contribution in [2.24, 2.45) is 5.73 Å². The predicted octanol–water partition coefficient (Wildman–Crippen LogP) is 1.07. The molecule has 0 fully saturated rings. The molecule has 0 spiro atoms. The number of rotatable bonds is 2. The van der Waals surface area contributed by atoms with Crippen molar-refractivity contribution in [3.8, 4) is 5.75 Å². The number of nitrogens with two attached hydrogens (primary N) is 1. The quantitative estimate of drug-likeness (QED) is 0.526. The first-order chi connectivity index (χ1) is 5.72. The van der Waals surface area contributed by atoms with Gasteiger partial charge in [-0.3, -0.25) is 4.79 Å². The molecule has 0 unspecified atom stereocenters. The fourth-order valence-corrected chi connectivity index (χ4v) is 0.902. The van der Waals surface area contributed by atoms with Crippen LogP contribution in [0.1, 0.15) is 12.5 Å². The highest BCUT2D eigenvalue weighted by Crippen LogP contribution is 2.12. The van der Waals surface area contributed by atoms with Crippen molar-refractivity contribution in [1.29, 1.82) is 0 Å². The van der Waals surface area contributed by atoms with E-state index in [1.54, 1.807) is 18.2 Å². The van der Waals surface area contributed by atoms with Crippen LogP contribution < -0.4 is 10.5 Å². The van der Waals surface area contributed by atoms with Gasteiger partial charge in [0.2, 0.25) is 0 Å². The Kier molecular flexibility index (Phi) is 2.82. The number of hydrogen-bond acceptors (Lipinski definition) is 3. The van der Waals surface area contributed by atoms with Gasteiger partial charge in [0.25, 0.3) is 0 Å². The molecule has 0 saturated heterocycles. The lowest BCUT2D eigenvalue weighted by Gasteiger charge is -2.02. The van der Waals surface area contributed by atoms with E-state index in [2.05, 4.69) is 0 Å². The summed E-state index contributed by atoms with van der Waals surface area (Å²) in [4.78, 5) is 10.6. The van der Waals surface area contributed by atoms with Gasteiger partial charge in [-0.25, -0.2) is 0 Å². The third-order valence-electron chi connectivity index (χ3n) is 1.40. The number of ether oxygens (including phenoxy) is 1. The molecule has 0 aliphatic rings. The maximum Gasteiger partial charge on any atom is 0.308 e. The Bertz CT molecular complexity index is 284. The van der Waals surface area contributed by atoms with Gasteiger partial charge in [-0.05, 0) is 17.7 Å². The number of carbonyl (C=O) groups is 1. The summed E-state index contributed by atoms with van der Waals surface area (Å²) in [6.45, 7) is 1.82. The molecule has 0 saturated carbocycles. The van der Waals surface area contributed by atoms with Crippen LogP contribution in [0.25, 0.3) is 0 Å². The molecule has 0 aliphatic heterocycles. The van der Waals surface area contributed by atoms with Crippen LogP contribution in [-0.2, 0) is 11.3 Å². The Balaban J connectivity index is 2.79. The Labute approximate surface area is 71.1 Å². The van der Waals surface area contributed by atoms with Gasteiger partial charge < -0.3 is 10.5 Å². The summed E-state index contributed by atoms with van der Waals surface area (Å²) in [5.41, 5.74) is 6.36. The van der Waals surface area contributed by atoms with Crippen LogP contribution in [0.5, 0.6) is 5.75 Å². The van der Waals surface area contributed by atoms with Crippen LogP contribution >= 0.6 is 0 Å². The summed E-state index contributed by atoms with van der Waals surface area (Å²) in [5, 5.41) is 0. The molecule has 0 aromatic heterocycles. The first-order valence-corrected chi connectivity index (χ1v) is 3.70. The van der Waals surface area contributed by atoms with Crippen LogP contribution in [0.15, 0.2) is 24.3 Å². The Hall–Kier alpha value is -1.35. The van der Waals surface area contributed by atoms with Crippen LogP contribution in [0.3, 0.4) is 0 Å². The molecule has 64 valence electrons. The highest BCUT2D eigenvalue weighted by atomic mass is 16.5. The minimum absolute atomic E-state index is 0.316. The average molecular weight is 165 g/mol. The first-order valence-electron chi connectivity index (χ1n) is 3.70. The third kappa shape index (κ3) is 2.36. The van der Waals surface area contributed by atoms with Gasteiger partial charge >= 0.3 is 5.97 Å². The second-order valence-corrected chi connectivity index (χ2v) is 2.45. The fourth-order valence-electron chi connectivity index (χ4n) is 0.902. The summed E-state index contributed by atoms with van der Waals surface area (Å²) in [7, 11) is 0. The molecule has 12 heavy (non-hydrogen) atoms. The van der Waals surface area contributed by atoms with Crippen LogP contribution in [0.4, 0.5) is 0 Å². The zero-order valence-electron chi connectivity index (χ0n) is 6.91. The van der Waals surface area contributed by atoms with Gasteiger partial charge in [0, 0.05) is 13.5 Å². The lowest BCUT2D eigenvalue weighted by Crippen LogP contribution is -2.02. The molecular formula is C9H11NO2. The monoisotopic (exact) mass is 165 g/mol. The second-order valence-electron chi connectivity index (χ2n) is 2.45. The van der Waals surface area contributed by atoms with E-state index < -0.39 is 0 Å². The van der Waals surface area contributed by atoms with Crippen molar-refractivity contribution in [3.05, 3.63) is 29.8 Å². The molecule has 3 heteroatoms. The van der Waals surface area contributed by atoms with E-state index in [9.17, 15) is 4.79 Å². The van der Waals surface area contributed by atoms with Crippen LogP contribution in [0.2, 0.25) is 0 Å². The summed E-state index contributed by atoms with van der Waals surface area (Å²) >= 11 is 0. The average Bonchev–Trinajstić information content (AvgIpc) is 2.03. The molecular weight excluding hydrogens is 154 g/mol. The van der Waals surface area contributed by atoms with Gasteiger partial charge in [-0.15, -0.1) is 0 Å². The topological polar surface area (TPSA) is 52.3 Å². The van der Waals surface area contributed by atoms with E-state index >= 15 is 0 Å².